The molecule has 0 spiro atoms. The van der Waals surface area contributed by atoms with Crippen molar-refractivity contribution >= 4 is 12.6 Å². The van der Waals surface area contributed by atoms with Crippen LogP contribution in [0.25, 0.3) is 0 Å². The van der Waals surface area contributed by atoms with Gasteiger partial charge >= 0.3 is 0 Å². The summed E-state index contributed by atoms with van der Waals surface area (Å²) in [5, 5.41) is 9.25. The van der Waals surface area contributed by atoms with Gasteiger partial charge in [-0.2, -0.15) is 12.6 Å². The van der Waals surface area contributed by atoms with E-state index in [0.717, 1.165) is 5.75 Å². The highest BCUT2D eigenvalue weighted by atomic mass is 32.1. The SMILES string of the molecule is OCC1CCCCN1CCCCCCS. The molecule has 0 aromatic rings. The van der Waals surface area contributed by atoms with Crippen LogP contribution in [-0.2, 0) is 0 Å². The van der Waals surface area contributed by atoms with E-state index in [4.69, 9.17) is 0 Å². The summed E-state index contributed by atoms with van der Waals surface area (Å²) in [6, 6.07) is 0.448. The predicted octanol–water partition coefficient (Wildman–Crippen LogP) is 2.32. The lowest BCUT2D eigenvalue weighted by atomic mass is 10.0. The molecular weight excluding hydrogens is 206 g/mol. The quantitative estimate of drug-likeness (QED) is 0.519. The van der Waals surface area contributed by atoms with Crippen LogP contribution < -0.4 is 0 Å². The van der Waals surface area contributed by atoms with Gasteiger partial charge in [0.05, 0.1) is 6.61 Å². The Morgan fingerprint density at radius 3 is 2.67 bits per heavy atom. The molecule has 0 bridgehead atoms. The Labute approximate surface area is 99.5 Å². The zero-order valence-electron chi connectivity index (χ0n) is 9.70. The molecule has 3 heteroatoms. The maximum atomic E-state index is 9.25. The molecular formula is C12H25NOS. The molecule has 0 amide bonds. The van der Waals surface area contributed by atoms with Crippen LogP contribution in [0.15, 0.2) is 0 Å². The lowest BCUT2D eigenvalue weighted by molar-refractivity contribution is 0.0886. The van der Waals surface area contributed by atoms with Crippen LogP contribution in [0.2, 0.25) is 0 Å². The number of thiol groups is 1. The summed E-state index contributed by atoms with van der Waals surface area (Å²) in [7, 11) is 0. The third-order valence-electron chi connectivity index (χ3n) is 3.31. The average molecular weight is 231 g/mol. The van der Waals surface area contributed by atoms with Gasteiger partial charge in [0.15, 0.2) is 0 Å². The number of piperidine rings is 1. The summed E-state index contributed by atoms with van der Waals surface area (Å²) in [6.07, 6.45) is 8.94. The fraction of sp³-hybridized carbons (Fsp3) is 1.00. The van der Waals surface area contributed by atoms with Gasteiger partial charge in [0, 0.05) is 6.04 Å². The Morgan fingerprint density at radius 1 is 1.13 bits per heavy atom. The number of likely N-dealkylation sites (tertiary alicyclic amines) is 1. The number of rotatable bonds is 7. The molecule has 0 aromatic carbocycles. The van der Waals surface area contributed by atoms with E-state index in [9.17, 15) is 5.11 Å². The summed E-state index contributed by atoms with van der Waals surface area (Å²) in [5.41, 5.74) is 0. The fourth-order valence-electron chi connectivity index (χ4n) is 2.34. The van der Waals surface area contributed by atoms with Crippen LogP contribution in [0.1, 0.15) is 44.9 Å². The van der Waals surface area contributed by atoms with E-state index in [1.54, 1.807) is 0 Å². The second kappa shape index (κ2) is 8.43. The molecule has 1 unspecified atom stereocenters. The first-order valence-electron chi connectivity index (χ1n) is 6.34. The molecule has 1 aliphatic heterocycles. The maximum Gasteiger partial charge on any atom is 0.0586 e. The lowest BCUT2D eigenvalue weighted by Gasteiger charge is -2.34. The summed E-state index contributed by atoms with van der Waals surface area (Å²) >= 11 is 4.21. The normalized spacial score (nSPS) is 23.2. The molecule has 1 heterocycles. The van der Waals surface area contributed by atoms with E-state index < -0.39 is 0 Å². The highest BCUT2D eigenvalue weighted by Gasteiger charge is 2.20. The highest BCUT2D eigenvalue weighted by Crippen LogP contribution is 2.17. The molecule has 1 atom stereocenters. The van der Waals surface area contributed by atoms with Crippen molar-refractivity contribution in [1.29, 1.82) is 0 Å². The number of unbranched alkanes of at least 4 members (excludes halogenated alkanes) is 3. The van der Waals surface area contributed by atoms with Crippen molar-refractivity contribution in [3.63, 3.8) is 0 Å². The molecule has 0 aliphatic carbocycles. The highest BCUT2D eigenvalue weighted by molar-refractivity contribution is 7.80. The molecule has 0 radical (unpaired) electrons. The summed E-state index contributed by atoms with van der Waals surface area (Å²) in [6.45, 7) is 2.71. The summed E-state index contributed by atoms with van der Waals surface area (Å²) < 4.78 is 0. The molecule has 15 heavy (non-hydrogen) atoms. The van der Waals surface area contributed by atoms with Crippen molar-refractivity contribution in [3.8, 4) is 0 Å². The van der Waals surface area contributed by atoms with Crippen LogP contribution in [0.4, 0.5) is 0 Å². The third-order valence-corrected chi connectivity index (χ3v) is 3.63. The van der Waals surface area contributed by atoms with Crippen LogP contribution in [0, 0.1) is 0 Å². The smallest absolute Gasteiger partial charge is 0.0586 e. The number of hydrogen-bond donors (Lipinski definition) is 2. The Hall–Kier alpha value is 0.270. The Kier molecular flexibility index (Phi) is 7.49. The van der Waals surface area contributed by atoms with Crippen molar-refractivity contribution < 1.29 is 5.11 Å². The average Bonchev–Trinajstić information content (AvgIpc) is 2.29. The first-order chi connectivity index (χ1) is 7.38. The van der Waals surface area contributed by atoms with Crippen molar-refractivity contribution in [2.24, 2.45) is 0 Å². The molecule has 1 rings (SSSR count). The van der Waals surface area contributed by atoms with Crippen molar-refractivity contribution in [1.82, 2.24) is 4.90 Å². The van der Waals surface area contributed by atoms with Gasteiger partial charge in [-0.3, -0.25) is 4.90 Å². The van der Waals surface area contributed by atoms with Crippen LogP contribution >= 0.6 is 12.6 Å². The van der Waals surface area contributed by atoms with Gasteiger partial charge in [0.2, 0.25) is 0 Å². The predicted molar refractivity (Wildman–Crippen MR) is 68.6 cm³/mol. The van der Waals surface area contributed by atoms with Gasteiger partial charge in [-0.25, -0.2) is 0 Å². The largest absolute Gasteiger partial charge is 0.395 e. The second-order valence-corrected chi connectivity index (χ2v) is 4.95. The number of nitrogens with zero attached hydrogens (tertiary/aromatic N) is 1. The van der Waals surface area contributed by atoms with E-state index in [1.807, 2.05) is 0 Å². The zero-order valence-corrected chi connectivity index (χ0v) is 10.6. The fourth-order valence-corrected chi connectivity index (χ4v) is 2.56. The molecule has 0 saturated carbocycles. The number of aliphatic hydroxyl groups is 1. The van der Waals surface area contributed by atoms with E-state index in [1.165, 1.54) is 58.0 Å². The number of aliphatic hydroxyl groups excluding tert-OH is 1. The minimum Gasteiger partial charge on any atom is -0.395 e. The Balaban J connectivity index is 2.07. The molecule has 1 aliphatic rings. The minimum absolute atomic E-state index is 0.344. The van der Waals surface area contributed by atoms with Crippen molar-refractivity contribution in [3.05, 3.63) is 0 Å². The van der Waals surface area contributed by atoms with E-state index in [-0.39, 0.29) is 0 Å². The first-order valence-corrected chi connectivity index (χ1v) is 6.97. The number of hydrogen-bond acceptors (Lipinski definition) is 3. The van der Waals surface area contributed by atoms with E-state index in [2.05, 4.69) is 17.5 Å². The van der Waals surface area contributed by atoms with Gasteiger partial charge in [-0.15, -0.1) is 0 Å². The molecule has 0 aromatic heterocycles. The summed E-state index contributed by atoms with van der Waals surface area (Å²) in [5.74, 6) is 1.02. The van der Waals surface area contributed by atoms with Crippen LogP contribution in [0.3, 0.4) is 0 Å². The van der Waals surface area contributed by atoms with Gasteiger partial charge in [-0.05, 0) is 44.5 Å². The molecule has 2 nitrogen and oxygen atoms in total. The Bertz CT molecular complexity index is 155. The molecule has 1 saturated heterocycles. The zero-order chi connectivity index (χ0) is 10.9. The molecule has 1 N–H and O–H groups in total. The maximum absolute atomic E-state index is 9.25. The second-order valence-electron chi connectivity index (χ2n) is 4.51. The van der Waals surface area contributed by atoms with Gasteiger partial charge in [0.25, 0.3) is 0 Å². The van der Waals surface area contributed by atoms with E-state index in [0.29, 0.717) is 12.6 Å². The third kappa shape index (κ3) is 5.23. The lowest BCUT2D eigenvalue weighted by Crippen LogP contribution is -2.42. The topological polar surface area (TPSA) is 23.5 Å². The van der Waals surface area contributed by atoms with Crippen molar-refractivity contribution in [2.75, 3.05) is 25.4 Å². The molecule has 90 valence electrons. The Morgan fingerprint density at radius 2 is 1.93 bits per heavy atom. The summed E-state index contributed by atoms with van der Waals surface area (Å²) in [4.78, 5) is 2.48. The van der Waals surface area contributed by atoms with Crippen molar-refractivity contribution in [2.45, 2.75) is 51.0 Å². The van der Waals surface area contributed by atoms with Gasteiger partial charge in [0.1, 0.15) is 0 Å². The van der Waals surface area contributed by atoms with Gasteiger partial charge < -0.3 is 5.11 Å². The monoisotopic (exact) mass is 231 g/mol. The van der Waals surface area contributed by atoms with Crippen LogP contribution in [-0.4, -0.2) is 41.5 Å². The van der Waals surface area contributed by atoms with Crippen LogP contribution in [0.5, 0.6) is 0 Å². The standard InChI is InChI=1S/C12H25NOS/c14-11-12-7-3-5-9-13(12)8-4-1-2-6-10-15/h12,14-15H,1-11H2. The van der Waals surface area contributed by atoms with Gasteiger partial charge in [-0.1, -0.05) is 19.3 Å². The molecule has 1 fully saturated rings. The van der Waals surface area contributed by atoms with E-state index >= 15 is 0 Å². The first kappa shape index (κ1) is 13.3. The minimum atomic E-state index is 0.344.